The molecule has 0 aromatic heterocycles. The largest absolute Gasteiger partial charge is 0.461 e. The first-order valence-corrected chi connectivity index (χ1v) is 10.6. The molecule has 1 aromatic rings. The summed E-state index contributed by atoms with van der Waals surface area (Å²) in [4.78, 5) is 23.2. The van der Waals surface area contributed by atoms with Gasteiger partial charge in [0.25, 0.3) is 10.1 Å². The number of halogens is 7. The Labute approximate surface area is 180 Å². The Bertz CT molecular complexity index is 884. The van der Waals surface area contributed by atoms with E-state index in [-0.39, 0.29) is 6.61 Å². The highest BCUT2D eigenvalue weighted by atomic mass is 79.9. The van der Waals surface area contributed by atoms with Gasteiger partial charge in [0, 0.05) is 22.9 Å². The van der Waals surface area contributed by atoms with Crippen LogP contribution in [0, 0.1) is 0 Å². The molecular formula is C16H15BrF6O7S. The Morgan fingerprint density at radius 3 is 1.97 bits per heavy atom. The van der Waals surface area contributed by atoms with E-state index in [1.807, 2.05) is 0 Å². The van der Waals surface area contributed by atoms with Crippen LogP contribution in [0.5, 0.6) is 0 Å². The van der Waals surface area contributed by atoms with Crippen molar-refractivity contribution in [3.63, 3.8) is 0 Å². The van der Waals surface area contributed by atoms with Crippen molar-refractivity contribution in [2.24, 2.45) is 0 Å². The standard InChI is InChI=1S/C16H15BrF6O7S/c17-11-5-2-1-4-10(11)8-29-12(24)6-3-7-13(25)30-14(15(18,19)20,16(21,22)23)9-31(26,27)28/h1-2,4-5H,3,6-9H2,(H,26,27,28). The van der Waals surface area contributed by atoms with Crippen LogP contribution in [0.2, 0.25) is 0 Å². The van der Waals surface area contributed by atoms with Crippen LogP contribution in [0.1, 0.15) is 24.8 Å². The molecule has 7 nitrogen and oxygen atoms in total. The minimum absolute atomic E-state index is 0.176. The second-order valence-corrected chi connectivity index (χ2v) is 8.44. The Balaban J connectivity index is 2.74. The Morgan fingerprint density at radius 1 is 0.968 bits per heavy atom. The summed E-state index contributed by atoms with van der Waals surface area (Å²) >= 11 is 3.20. The molecule has 0 spiro atoms. The predicted octanol–water partition coefficient (Wildman–Crippen LogP) is 3.96. The number of carbonyl (C=O) groups is 2. The summed E-state index contributed by atoms with van der Waals surface area (Å²) in [5.41, 5.74) is -4.88. The van der Waals surface area contributed by atoms with Crippen molar-refractivity contribution < 1.29 is 58.4 Å². The van der Waals surface area contributed by atoms with E-state index in [1.54, 1.807) is 24.3 Å². The van der Waals surface area contributed by atoms with Gasteiger partial charge in [0.15, 0.2) is 0 Å². The summed E-state index contributed by atoms with van der Waals surface area (Å²) in [6, 6.07) is 6.64. The lowest BCUT2D eigenvalue weighted by Crippen LogP contribution is -2.63. The zero-order valence-electron chi connectivity index (χ0n) is 15.3. The van der Waals surface area contributed by atoms with Gasteiger partial charge >= 0.3 is 29.9 Å². The molecule has 1 rings (SSSR count). The van der Waals surface area contributed by atoms with Crippen LogP contribution >= 0.6 is 15.9 Å². The van der Waals surface area contributed by atoms with Crippen molar-refractivity contribution in [1.82, 2.24) is 0 Å². The van der Waals surface area contributed by atoms with E-state index in [9.17, 15) is 44.3 Å². The van der Waals surface area contributed by atoms with Crippen LogP contribution in [0.25, 0.3) is 0 Å². The first-order valence-electron chi connectivity index (χ1n) is 8.18. The number of alkyl halides is 6. The highest BCUT2D eigenvalue weighted by molar-refractivity contribution is 9.10. The fraction of sp³-hybridized carbons (Fsp3) is 0.500. The van der Waals surface area contributed by atoms with Gasteiger partial charge in [-0.3, -0.25) is 14.1 Å². The quantitative estimate of drug-likeness (QED) is 0.285. The van der Waals surface area contributed by atoms with Crippen molar-refractivity contribution in [2.45, 2.75) is 43.8 Å². The van der Waals surface area contributed by atoms with Gasteiger partial charge in [-0.25, -0.2) is 0 Å². The molecule has 0 saturated heterocycles. The number of benzene rings is 1. The number of esters is 2. The molecule has 0 atom stereocenters. The van der Waals surface area contributed by atoms with Gasteiger partial charge in [-0.1, -0.05) is 34.1 Å². The highest BCUT2D eigenvalue weighted by Crippen LogP contribution is 2.47. The van der Waals surface area contributed by atoms with Crippen molar-refractivity contribution in [2.75, 3.05) is 5.75 Å². The van der Waals surface area contributed by atoms with Crippen molar-refractivity contribution in [3.8, 4) is 0 Å². The number of ether oxygens (including phenoxy) is 2. The van der Waals surface area contributed by atoms with E-state index in [0.717, 1.165) is 0 Å². The number of rotatable bonds is 9. The van der Waals surface area contributed by atoms with Gasteiger partial charge in [-0.15, -0.1) is 0 Å². The molecule has 0 aliphatic heterocycles. The second kappa shape index (κ2) is 10.2. The number of hydrogen-bond donors (Lipinski definition) is 1. The molecule has 0 saturated carbocycles. The van der Waals surface area contributed by atoms with Gasteiger partial charge in [-0.2, -0.15) is 34.8 Å². The van der Waals surface area contributed by atoms with Crippen LogP contribution in [0.4, 0.5) is 26.3 Å². The van der Waals surface area contributed by atoms with Gasteiger partial charge in [0.2, 0.25) is 0 Å². The smallest absolute Gasteiger partial charge is 0.438 e. The molecule has 0 radical (unpaired) electrons. The van der Waals surface area contributed by atoms with Crippen molar-refractivity contribution >= 4 is 38.0 Å². The zero-order valence-corrected chi connectivity index (χ0v) is 17.7. The van der Waals surface area contributed by atoms with Crippen LogP contribution in [0.15, 0.2) is 28.7 Å². The predicted molar refractivity (Wildman–Crippen MR) is 95.1 cm³/mol. The second-order valence-electron chi connectivity index (χ2n) is 6.13. The van der Waals surface area contributed by atoms with Crippen molar-refractivity contribution in [1.29, 1.82) is 0 Å². The fourth-order valence-corrected chi connectivity index (χ4v) is 3.49. The maximum absolute atomic E-state index is 13.1. The third kappa shape index (κ3) is 7.96. The van der Waals surface area contributed by atoms with Crippen LogP contribution in [-0.4, -0.2) is 48.6 Å². The molecular weight excluding hydrogens is 530 g/mol. The van der Waals surface area contributed by atoms with E-state index in [4.69, 9.17) is 9.29 Å². The molecule has 0 amide bonds. The monoisotopic (exact) mass is 544 g/mol. The minimum Gasteiger partial charge on any atom is -0.461 e. The lowest BCUT2D eigenvalue weighted by atomic mass is 10.1. The maximum Gasteiger partial charge on any atom is 0.438 e. The average Bonchev–Trinajstić information content (AvgIpc) is 2.57. The van der Waals surface area contributed by atoms with Gasteiger partial charge in [0.05, 0.1) is 0 Å². The van der Waals surface area contributed by atoms with E-state index >= 15 is 0 Å². The summed E-state index contributed by atoms with van der Waals surface area (Å²) < 4.78 is 117. The average molecular weight is 545 g/mol. The topological polar surface area (TPSA) is 107 Å². The summed E-state index contributed by atoms with van der Waals surface area (Å²) in [6.45, 7) is -0.176. The maximum atomic E-state index is 13.1. The molecule has 1 N–H and O–H groups in total. The number of hydrogen-bond acceptors (Lipinski definition) is 6. The summed E-state index contributed by atoms with van der Waals surface area (Å²) in [5.74, 6) is -5.93. The fourth-order valence-electron chi connectivity index (χ4n) is 2.19. The molecule has 0 heterocycles. The van der Waals surface area contributed by atoms with Crippen LogP contribution in [-0.2, 0) is 35.8 Å². The Hall–Kier alpha value is -1.87. The molecule has 15 heteroatoms. The van der Waals surface area contributed by atoms with E-state index in [0.29, 0.717) is 10.0 Å². The van der Waals surface area contributed by atoms with E-state index < -0.39 is 65.0 Å². The first-order chi connectivity index (χ1) is 14.0. The SMILES string of the molecule is O=C(CCCC(=O)OC(CS(=O)(=O)O)(C(F)(F)F)C(F)(F)F)OCc1ccccc1Br. The molecule has 31 heavy (non-hydrogen) atoms. The lowest BCUT2D eigenvalue weighted by molar-refractivity contribution is -0.361. The molecule has 0 fully saturated rings. The Morgan fingerprint density at radius 2 is 1.48 bits per heavy atom. The van der Waals surface area contributed by atoms with E-state index in [2.05, 4.69) is 20.7 Å². The minimum atomic E-state index is -6.40. The first kappa shape index (κ1) is 27.2. The molecule has 0 unspecified atom stereocenters. The lowest BCUT2D eigenvalue weighted by Gasteiger charge is -2.35. The zero-order chi connectivity index (χ0) is 24.1. The third-order valence-electron chi connectivity index (χ3n) is 3.70. The summed E-state index contributed by atoms with van der Waals surface area (Å²) in [5, 5.41) is 0. The Kier molecular flexibility index (Phi) is 8.91. The molecule has 0 bridgehead atoms. The van der Waals surface area contributed by atoms with Gasteiger partial charge in [-0.05, 0) is 12.5 Å². The van der Waals surface area contributed by atoms with Crippen molar-refractivity contribution in [3.05, 3.63) is 34.3 Å². The van der Waals surface area contributed by atoms with Gasteiger partial charge < -0.3 is 9.47 Å². The van der Waals surface area contributed by atoms with E-state index in [1.165, 1.54) is 0 Å². The van der Waals surface area contributed by atoms with Gasteiger partial charge in [0.1, 0.15) is 12.4 Å². The number of carbonyl (C=O) groups excluding carboxylic acids is 2. The molecule has 0 aliphatic carbocycles. The highest BCUT2D eigenvalue weighted by Gasteiger charge is 2.75. The molecule has 0 aliphatic rings. The molecule has 176 valence electrons. The summed E-state index contributed by atoms with van der Waals surface area (Å²) in [6.07, 6.45) is -15.0. The van der Waals surface area contributed by atoms with Crippen LogP contribution < -0.4 is 0 Å². The normalized spacial score (nSPS) is 13.0. The van der Waals surface area contributed by atoms with Crippen LogP contribution in [0.3, 0.4) is 0 Å². The molecule has 1 aromatic carbocycles. The third-order valence-corrected chi connectivity index (χ3v) is 5.24. The summed E-state index contributed by atoms with van der Waals surface area (Å²) in [7, 11) is -5.86.